The summed E-state index contributed by atoms with van der Waals surface area (Å²) in [7, 11) is 0. The van der Waals surface area contributed by atoms with Crippen molar-refractivity contribution in [2.24, 2.45) is 16.8 Å². The number of benzene rings is 2. The van der Waals surface area contributed by atoms with E-state index in [1.54, 1.807) is 6.07 Å². The molecule has 0 saturated heterocycles. The molecular formula is C21H20F3N3OS. The van der Waals surface area contributed by atoms with Crippen molar-refractivity contribution in [1.29, 1.82) is 0 Å². The molecule has 1 amide bonds. The van der Waals surface area contributed by atoms with Gasteiger partial charge in [0, 0.05) is 12.5 Å². The summed E-state index contributed by atoms with van der Waals surface area (Å²) < 4.78 is 41.4. The Hall–Kier alpha value is -2.32. The highest BCUT2D eigenvalue weighted by molar-refractivity contribution is 8.15. The van der Waals surface area contributed by atoms with Gasteiger partial charge in [0.1, 0.15) is 15.7 Å². The van der Waals surface area contributed by atoms with Gasteiger partial charge in [0.05, 0.1) is 0 Å². The van der Waals surface area contributed by atoms with E-state index in [0.717, 1.165) is 30.5 Å². The summed E-state index contributed by atoms with van der Waals surface area (Å²) in [6, 6.07) is 8.11. The predicted octanol–water partition coefficient (Wildman–Crippen LogP) is 4.13. The number of carbonyl (C=O) groups is 1. The summed E-state index contributed by atoms with van der Waals surface area (Å²) in [4.78, 5) is 11.6. The number of fused-ring (bicyclic) bond motifs is 2. The summed E-state index contributed by atoms with van der Waals surface area (Å²) in [6.07, 6.45) is 2.12. The molecule has 1 aliphatic carbocycles. The van der Waals surface area contributed by atoms with Gasteiger partial charge in [-0.1, -0.05) is 17.8 Å². The van der Waals surface area contributed by atoms with Crippen LogP contribution in [-0.4, -0.2) is 22.5 Å². The Balaban J connectivity index is 1.89. The van der Waals surface area contributed by atoms with E-state index >= 15 is 0 Å². The molecule has 2 aromatic rings. The van der Waals surface area contributed by atoms with Gasteiger partial charge >= 0.3 is 0 Å². The summed E-state index contributed by atoms with van der Waals surface area (Å²) in [6.45, 7) is 1.80. The standard InChI is InChI=1S/C21H20F3N3OS/c1-12(28)27-21(29-20(26-27)14-4-7-18(23)19(24)10-14)15(8-9-25)5-2-13-3-6-16(22)11-17(13)21/h3-4,6-7,10-11,15H,2,5,8-9,25H2,1H3/t15-,21-/m0/s1. The number of hydrogen-bond acceptors (Lipinski definition) is 4. The van der Waals surface area contributed by atoms with Crippen molar-refractivity contribution in [3.63, 3.8) is 0 Å². The molecule has 152 valence electrons. The molecule has 0 unspecified atom stereocenters. The molecular weight excluding hydrogens is 399 g/mol. The Labute approximate surface area is 171 Å². The monoisotopic (exact) mass is 419 g/mol. The van der Waals surface area contributed by atoms with Gasteiger partial charge in [-0.15, -0.1) is 0 Å². The van der Waals surface area contributed by atoms with Crippen LogP contribution in [0.25, 0.3) is 0 Å². The average molecular weight is 419 g/mol. The first-order valence-corrected chi connectivity index (χ1v) is 10.2. The maximum absolute atomic E-state index is 14.2. The highest BCUT2D eigenvalue weighted by Crippen LogP contribution is 2.57. The second kappa shape index (κ2) is 7.50. The van der Waals surface area contributed by atoms with Gasteiger partial charge in [-0.2, -0.15) is 5.10 Å². The third-order valence-electron chi connectivity index (χ3n) is 5.51. The van der Waals surface area contributed by atoms with Crippen LogP contribution in [-0.2, 0) is 16.1 Å². The first kappa shape index (κ1) is 20.0. The van der Waals surface area contributed by atoms with Crippen LogP contribution < -0.4 is 5.73 Å². The molecule has 2 aliphatic rings. The molecule has 2 N–H and O–H groups in total. The zero-order valence-corrected chi connectivity index (χ0v) is 16.6. The first-order valence-electron chi connectivity index (χ1n) is 9.39. The summed E-state index contributed by atoms with van der Waals surface area (Å²) in [5, 5.41) is 6.23. The maximum atomic E-state index is 14.2. The molecule has 2 atom stereocenters. The zero-order chi connectivity index (χ0) is 20.8. The fourth-order valence-corrected chi connectivity index (χ4v) is 5.86. The van der Waals surface area contributed by atoms with E-state index in [1.165, 1.54) is 41.9 Å². The second-order valence-corrected chi connectivity index (χ2v) is 8.49. The number of amides is 1. The Morgan fingerprint density at radius 1 is 1.24 bits per heavy atom. The summed E-state index contributed by atoms with van der Waals surface area (Å²) in [5.41, 5.74) is 7.84. The van der Waals surface area contributed by atoms with Crippen LogP contribution in [0.1, 0.15) is 36.5 Å². The Bertz CT molecular complexity index is 1010. The van der Waals surface area contributed by atoms with Gasteiger partial charge in [-0.05, 0) is 73.2 Å². The van der Waals surface area contributed by atoms with E-state index in [9.17, 15) is 18.0 Å². The zero-order valence-electron chi connectivity index (χ0n) is 15.8. The van der Waals surface area contributed by atoms with Gasteiger partial charge in [-0.3, -0.25) is 4.79 Å². The van der Waals surface area contributed by atoms with Crippen molar-refractivity contribution >= 4 is 22.7 Å². The molecule has 4 rings (SSSR count). The SMILES string of the molecule is CC(=O)N1N=C(c2ccc(F)c(F)c2)S[C@@]12c1cc(F)ccc1CC[C@H]2CCN. The molecule has 0 bridgehead atoms. The minimum atomic E-state index is -0.991. The van der Waals surface area contributed by atoms with Crippen LogP contribution in [0.15, 0.2) is 41.5 Å². The van der Waals surface area contributed by atoms with Crippen LogP contribution in [0.3, 0.4) is 0 Å². The van der Waals surface area contributed by atoms with Crippen molar-refractivity contribution in [2.45, 2.75) is 31.1 Å². The number of thioether (sulfide) groups is 1. The molecule has 2 aromatic carbocycles. The number of rotatable bonds is 3. The topological polar surface area (TPSA) is 58.7 Å². The number of nitrogens with zero attached hydrogens (tertiary/aromatic N) is 2. The lowest BCUT2D eigenvalue weighted by Gasteiger charge is -2.45. The summed E-state index contributed by atoms with van der Waals surface area (Å²) in [5.74, 6) is -2.73. The lowest BCUT2D eigenvalue weighted by atomic mass is 9.77. The van der Waals surface area contributed by atoms with Crippen LogP contribution in [0.5, 0.6) is 0 Å². The van der Waals surface area contributed by atoms with E-state index in [1.807, 2.05) is 0 Å². The number of nitrogens with two attached hydrogens (primary N) is 1. The molecule has 1 spiro atoms. The predicted molar refractivity (Wildman–Crippen MR) is 107 cm³/mol. The molecule has 1 aliphatic heterocycles. The molecule has 0 fully saturated rings. The Morgan fingerprint density at radius 3 is 2.72 bits per heavy atom. The Morgan fingerprint density at radius 2 is 2.03 bits per heavy atom. The molecule has 4 nitrogen and oxygen atoms in total. The number of hydrogen-bond donors (Lipinski definition) is 1. The minimum Gasteiger partial charge on any atom is -0.330 e. The molecule has 0 radical (unpaired) electrons. The highest BCUT2D eigenvalue weighted by atomic mass is 32.2. The van der Waals surface area contributed by atoms with E-state index in [2.05, 4.69) is 5.10 Å². The van der Waals surface area contributed by atoms with Crippen molar-refractivity contribution in [1.82, 2.24) is 5.01 Å². The van der Waals surface area contributed by atoms with Crippen LogP contribution >= 0.6 is 11.8 Å². The highest BCUT2D eigenvalue weighted by Gasteiger charge is 2.55. The van der Waals surface area contributed by atoms with Crippen LogP contribution in [0.4, 0.5) is 13.2 Å². The lowest BCUT2D eigenvalue weighted by molar-refractivity contribution is -0.134. The molecule has 0 aromatic heterocycles. The lowest BCUT2D eigenvalue weighted by Crippen LogP contribution is -2.49. The second-order valence-electron chi connectivity index (χ2n) is 7.28. The normalized spacial score (nSPS) is 23.3. The molecule has 1 heterocycles. The van der Waals surface area contributed by atoms with Gasteiger partial charge in [0.15, 0.2) is 11.6 Å². The summed E-state index contributed by atoms with van der Waals surface area (Å²) >= 11 is 1.28. The third kappa shape index (κ3) is 3.24. The quantitative estimate of drug-likeness (QED) is 0.814. The molecule has 8 heteroatoms. The third-order valence-corrected chi connectivity index (χ3v) is 7.06. The van der Waals surface area contributed by atoms with Crippen molar-refractivity contribution in [3.8, 4) is 0 Å². The van der Waals surface area contributed by atoms with E-state index in [-0.39, 0.29) is 11.8 Å². The van der Waals surface area contributed by atoms with E-state index in [0.29, 0.717) is 29.1 Å². The molecule has 0 saturated carbocycles. The minimum absolute atomic E-state index is 0.0674. The fourth-order valence-electron chi connectivity index (χ4n) is 4.24. The molecule has 29 heavy (non-hydrogen) atoms. The van der Waals surface area contributed by atoms with Crippen molar-refractivity contribution in [3.05, 3.63) is 70.5 Å². The smallest absolute Gasteiger partial charge is 0.241 e. The largest absolute Gasteiger partial charge is 0.330 e. The maximum Gasteiger partial charge on any atom is 0.241 e. The van der Waals surface area contributed by atoms with E-state index in [4.69, 9.17) is 5.73 Å². The van der Waals surface area contributed by atoms with Gasteiger partial charge < -0.3 is 5.73 Å². The first-order chi connectivity index (χ1) is 13.9. The number of carbonyl (C=O) groups excluding carboxylic acids is 1. The van der Waals surface area contributed by atoms with Crippen LogP contribution in [0.2, 0.25) is 0 Å². The number of hydrazone groups is 1. The van der Waals surface area contributed by atoms with Gasteiger partial charge in [0.25, 0.3) is 0 Å². The van der Waals surface area contributed by atoms with E-state index < -0.39 is 22.3 Å². The average Bonchev–Trinajstić information content (AvgIpc) is 3.08. The van der Waals surface area contributed by atoms with Gasteiger partial charge in [0.2, 0.25) is 5.91 Å². The van der Waals surface area contributed by atoms with Gasteiger partial charge in [-0.25, -0.2) is 18.2 Å². The van der Waals surface area contributed by atoms with Crippen LogP contribution in [0, 0.1) is 23.4 Å². The van der Waals surface area contributed by atoms with Crippen molar-refractivity contribution in [2.75, 3.05) is 6.54 Å². The number of halogens is 3. The fraction of sp³-hybridized carbons (Fsp3) is 0.333. The van der Waals surface area contributed by atoms with Crippen molar-refractivity contribution < 1.29 is 18.0 Å². The number of aryl methyl sites for hydroxylation is 1. The Kier molecular flexibility index (Phi) is 5.16.